The molecule has 1 aliphatic rings. The van der Waals surface area contributed by atoms with E-state index in [9.17, 15) is 13.6 Å². The van der Waals surface area contributed by atoms with Crippen LogP contribution in [0.4, 0.5) is 19.6 Å². The Morgan fingerprint density at radius 1 is 1.32 bits per heavy atom. The van der Waals surface area contributed by atoms with Crippen LogP contribution in [0.15, 0.2) is 41.9 Å². The molecule has 0 saturated carbocycles. The van der Waals surface area contributed by atoms with E-state index in [1.54, 1.807) is 11.1 Å². The fourth-order valence-electron chi connectivity index (χ4n) is 3.65. The molecule has 2 aromatic heterocycles. The molecular formula is C22H22F2N4O2S. The molecule has 1 aliphatic heterocycles. The number of aryl methyl sites for hydroxylation is 1. The van der Waals surface area contributed by atoms with Gasteiger partial charge in [-0.15, -0.1) is 11.3 Å². The van der Waals surface area contributed by atoms with E-state index < -0.39 is 11.6 Å². The van der Waals surface area contributed by atoms with E-state index in [0.717, 1.165) is 47.2 Å². The number of rotatable bonds is 6. The number of nitrogens with zero attached hydrogens (tertiary/aromatic N) is 3. The van der Waals surface area contributed by atoms with Gasteiger partial charge in [0.05, 0.1) is 0 Å². The first-order chi connectivity index (χ1) is 15.0. The number of carbonyl (C=O) groups is 1. The Bertz CT molecular complexity index is 1060. The van der Waals surface area contributed by atoms with E-state index in [1.165, 1.54) is 17.4 Å². The molecule has 0 aliphatic carbocycles. The minimum absolute atomic E-state index is 0.0944. The summed E-state index contributed by atoms with van der Waals surface area (Å²) in [4.78, 5) is 23.3. The minimum atomic E-state index is -0.825. The first kappa shape index (κ1) is 21.2. The normalized spacial score (nSPS) is 16.2. The average molecular weight is 445 g/mol. The number of halogens is 2. The number of aromatic nitrogens is 2. The molecule has 3 heterocycles. The number of carbonyl (C=O) groups excluding carboxylic acids is 1. The van der Waals surface area contributed by atoms with Crippen molar-refractivity contribution >= 4 is 28.1 Å². The van der Waals surface area contributed by atoms with Crippen molar-refractivity contribution in [3.05, 3.63) is 64.9 Å². The lowest BCUT2D eigenvalue weighted by atomic mass is 9.93. The van der Waals surface area contributed by atoms with Gasteiger partial charge in [0.25, 0.3) is 5.91 Å². The van der Waals surface area contributed by atoms with Crippen LogP contribution in [0.2, 0.25) is 0 Å². The largest absolute Gasteiger partial charge is 0.481 e. The van der Waals surface area contributed by atoms with Gasteiger partial charge in [0.1, 0.15) is 5.82 Å². The molecule has 162 valence electrons. The SMILES string of the molecule is Cc1cc(Nc2nccs2)cc([C@@H]2CCCN(C(=O)COc3ccc(F)cc3F)C2)n1. The van der Waals surface area contributed by atoms with Gasteiger partial charge >= 0.3 is 0 Å². The number of hydrogen-bond donors (Lipinski definition) is 1. The van der Waals surface area contributed by atoms with Crippen molar-refractivity contribution in [2.45, 2.75) is 25.7 Å². The van der Waals surface area contributed by atoms with E-state index in [-0.39, 0.29) is 24.2 Å². The third kappa shape index (κ3) is 5.35. The van der Waals surface area contributed by atoms with Crippen molar-refractivity contribution in [3.8, 4) is 5.75 Å². The Kier molecular flexibility index (Phi) is 6.41. The second-order valence-corrected chi connectivity index (χ2v) is 8.32. The third-order valence-corrected chi connectivity index (χ3v) is 5.78. The number of likely N-dealkylation sites (tertiary alicyclic amines) is 1. The van der Waals surface area contributed by atoms with E-state index >= 15 is 0 Å². The summed E-state index contributed by atoms with van der Waals surface area (Å²) in [6, 6.07) is 6.97. The van der Waals surface area contributed by atoms with Gasteiger partial charge in [-0.3, -0.25) is 9.78 Å². The van der Waals surface area contributed by atoms with E-state index in [4.69, 9.17) is 4.74 Å². The van der Waals surface area contributed by atoms with E-state index in [2.05, 4.69) is 15.3 Å². The highest BCUT2D eigenvalue weighted by Gasteiger charge is 2.26. The van der Waals surface area contributed by atoms with Gasteiger partial charge in [-0.1, -0.05) is 0 Å². The summed E-state index contributed by atoms with van der Waals surface area (Å²) in [6.45, 7) is 2.77. The van der Waals surface area contributed by atoms with E-state index in [1.807, 2.05) is 24.4 Å². The zero-order valence-corrected chi connectivity index (χ0v) is 17.8. The predicted octanol–water partition coefficient (Wildman–Crippen LogP) is 4.65. The van der Waals surface area contributed by atoms with Crippen LogP contribution < -0.4 is 10.1 Å². The molecule has 3 aromatic rings. The molecule has 1 amide bonds. The van der Waals surface area contributed by atoms with Crippen LogP contribution >= 0.6 is 11.3 Å². The number of amides is 1. The summed E-state index contributed by atoms with van der Waals surface area (Å²) in [5.41, 5.74) is 2.72. The highest BCUT2D eigenvalue weighted by Crippen LogP contribution is 2.29. The standard InChI is InChI=1S/C22H22F2N4O2S/c1-14-9-17(27-22-25-6-8-31-22)11-19(26-14)15-3-2-7-28(12-15)21(29)13-30-20-5-4-16(23)10-18(20)24/h4-6,8-11,15H,2-3,7,12-13H2,1H3,(H,25,26,27)/t15-/m1/s1. The Morgan fingerprint density at radius 2 is 2.19 bits per heavy atom. The molecule has 31 heavy (non-hydrogen) atoms. The fraction of sp³-hybridized carbons (Fsp3) is 0.318. The first-order valence-electron chi connectivity index (χ1n) is 9.98. The molecule has 4 rings (SSSR count). The number of hydrogen-bond acceptors (Lipinski definition) is 6. The third-order valence-electron chi connectivity index (χ3n) is 5.09. The number of piperidine rings is 1. The predicted molar refractivity (Wildman–Crippen MR) is 115 cm³/mol. The molecule has 1 fully saturated rings. The Labute approximate surface area is 182 Å². The zero-order chi connectivity index (χ0) is 21.8. The number of nitrogens with one attached hydrogen (secondary N) is 1. The summed E-state index contributed by atoms with van der Waals surface area (Å²) in [6.07, 6.45) is 3.50. The van der Waals surface area contributed by atoms with Crippen LogP contribution in [-0.4, -0.2) is 40.5 Å². The van der Waals surface area contributed by atoms with Crippen LogP contribution in [0.3, 0.4) is 0 Å². The summed E-state index contributed by atoms with van der Waals surface area (Å²) in [5, 5.41) is 6.00. The molecule has 1 atom stereocenters. The number of pyridine rings is 1. The van der Waals surface area contributed by atoms with Crippen LogP contribution in [0.1, 0.15) is 30.1 Å². The number of anilines is 2. The maximum Gasteiger partial charge on any atom is 0.260 e. The zero-order valence-electron chi connectivity index (χ0n) is 17.0. The van der Waals surface area contributed by atoms with Crippen molar-refractivity contribution in [3.63, 3.8) is 0 Å². The van der Waals surface area contributed by atoms with Gasteiger partial charge in [-0.25, -0.2) is 13.8 Å². The Balaban J connectivity index is 1.41. The van der Waals surface area contributed by atoms with Crippen molar-refractivity contribution in [1.29, 1.82) is 0 Å². The summed E-state index contributed by atoms with van der Waals surface area (Å²) in [7, 11) is 0. The maximum atomic E-state index is 13.7. The number of benzene rings is 1. The lowest BCUT2D eigenvalue weighted by molar-refractivity contribution is -0.134. The monoisotopic (exact) mass is 444 g/mol. The first-order valence-corrected chi connectivity index (χ1v) is 10.9. The summed E-state index contributed by atoms with van der Waals surface area (Å²) in [5.74, 6) is -1.79. The Morgan fingerprint density at radius 3 is 2.97 bits per heavy atom. The number of thiazole rings is 1. The molecular weight excluding hydrogens is 422 g/mol. The topological polar surface area (TPSA) is 67.4 Å². The van der Waals surface area contributed by atoms with Gasteiger partial charge in [-0.2, -0.15) is 0 Å². The summed E-state index contributed by atoms with van der Waals surface area (Å²) < 4.78 is 32.0. The number of ether oxygens (including phenoxy) is 1. The molecule has 1 aromatic carbocycles. The van der Waals surface area contributed by atoms with Crippen molar-refractivity contribution in [2.24, 2.45) is 0 Å². The van der Waals surface area contributed by atoms with Crippen molar-refractivity contribution in [1.82, 2.24) is 14.9 Å². The van der Waals surface area contributed by atoms with Crippen LogP contribution in [0.5, 0.6) is 5.75 Å². The minimum Gasteiger partial charge on any atom is -0.481 e. The molecule has 0 unspecified atom stereocenters. The summed E-state index contributed by atoms with van der Waals surface area (Å²) >= 11 is 1.52. The molecule has 0 spiro atoms. The second kappa shape index (κ2) is 9.38. The second-order valence-electron chi connectivity index (χ2n) is 7.43. The van der Waals surface area contributed by atoms with Gasteiger partial charge < -0.3 is 15.0 Å². The smallest absolute Gasteiger partial charge is 0.260 e. The molecule has 1 N–H and O–H groups in total. The Hall–Kier alpha value is -3.07. The van der Waals surface area contributed by atoms with Crippen LogP contribution in [0, 0.1) is 18.6 Å². The highest BCUT2D eigenvalue weighted by atomic mass is 32.1. The van der Waals surface area contributed by atoms with Gasteiger partial charge in [-0.05, 0) is 44.0 Å². The molecule has 0 bridgehead atoms. The average Bonchev–Trinajstić information content (AvgIpc) is 3.25. The lowest BCUT2D eigenvalue weighted by Gasteiger charge is -2.32. The van der Waals surface area contributed by atoms with Crippen molar-refractivity contribution in [2.75, 3.05) is 25.0 Å². The quantitative estimate of drug-likeness (QED) is 0.599. The van der Waals surface area contributed by atoms with Gasteiger partial charge in [0, 0.05) is 53.7 Å². The van der Waals surface area contributed by atoms with Crippen LogP contribution in [-0.2, 0) is 4.79 Å². The van der Waals surface area contributed by atoms with Crippen LogP contribution in [0.25, 0.3) is 0 Å². The van der Waals surface area contributed by atoms with Crippen molar-refractivity contribution < 1.29 is 18.3 Å². The highest BCUT2D eigenvalue weighted by molar-refractivity contribution is 7.13. The maximum absolute atomic E-state index is 13.7. The van der Waals surface area contributed by atoms with E-state index in [0.29, 0.717) is 13.1 Å². The van der Waals surface area contributed by atoms with Gasteiger partial charge in [0.15, 0.2) is 23.3 Å². The van der Waals surface area contributed by atoms with Gasteiger partial charge in [0.2, 0.25) is 0 Å². The lowest BCUT2D eigenvalue weighted by Crippen LogP contribution is -2.41. The molecule has 6 nitrogen and oxygen atoms in total. The molecule has 1 saturated heterocycles. The fourth-order valence-corrected chi connectivity index (χ4v) is 4.20. The molecule has 9 heteroatoms. The molecule has 0 radical (unpaired) electrons.